The molecule has 1 fully saturated rings. The lowest BCUT2D eigenvalue weighted by Gasteiger charge is -2.05. The second-order valence-corrected chi connectivity index (χ2v) is 3.41. The van der Waals surface area contributed by atoms with Gasteiger partial charge in [0.2, 0.25) is 6.41 Å². The van der Waals surface area contributed by atoms with Crippen LogP contribution in [0, 0.1) is 0 Å². The Labute approximate surface area is 88.2 Å². The van der Waals surface area contributed by atoms with Crippen molar-refractivity contribution in [2.75, 3.05) is 13.2 Å². The zero-order valence-electron chi connectivity index (χ0n) is 8.31. The van der Waals surface area contributed by atoms with Gasteiger partial charge in [0.05, 0.1) is 6.61 Å². The lowest BCUT2D eigenvalue weighted by atomic mass is 10.2. The van der Waals surface area contributed by atoms with Crippen LogP contribution in [0.15, 0.2) is 24.3 Å². The summed E-state index contributed by atoms with van der Waals surface area (Å²) in [4.78, 5) is 10.1. The number of nitrogens with one attached hydrogen (secondary N) is 1. The fraction of sp³-hybridized carbons (Fsp3) is 0.364. The molecule has 2 rings (SSSR count). The Morgan fingerprint density at radius 2 is 2.20 bits per heavy atom. The van der Waals surface area contributed by atoms with E-state index in [4.69, 9.17) is 9.47 Å². The summed E-state index contributed by atoms with van der Waals surface area (Å²) in [7, 11) is 0. The SMILES string of the molecule is O=CNCc1ccc(OCC2CO2)cc1. The van der Waals surface area contributed by atoms with Crippen molar-refractivity contribution in [2.24, 2.45) is 0 Å². The zero-order chi connectivity index (χ0) is 10.5. The van der Waals surface area contributed by atoms with Gasteiger partial charge in [0.25, 0.3) is 0 Å². The Morgan fingerprint density at radius 3 is 2.80 bits per heavy atom. The van der Waals surface area contributed by atoms with E-state index in [1.165, 1.54) is 0 Å². The molecule has 15 heavy (non-hydrogen) atoms. The molecule has 1 aromatic carbocycles. The second-order valence-electron chi connectivity index (χ2n) is 3.41. The molecule has 80 valence electrons. The van der Waals surface area contributed by atoms with Crippen molar-refractivity contribution in [3.8, 4) is 5.75 Å². The van der Waals surface area contributed by atoms with Crippen LogP contribution in [0.2, 0.25) is 0 Å². The molecule has 1 aliphatic rings. The number of epoxide rings is 1. The van der Waals surface area contributed by atoms with Crippen LogP contribution < -0.4 is 10.1 Å². The van der Waals surface area contributed by atoms with Crippen LogP contribution in [0.4, 0.5) is 0 Å². The zero-order valence-corrected chi connectivity index (χ0v) is 8.31. The van der Waals surface area contributed by atoms with Crippen LogP contribution >= 0.6 is 0 Å². The molecule has 4 heteroatoms. The van der Waals surface area contributed by atoms with E-state index in [9.17, 15) is 4.79 Å². The highest BCUT2D eigenvalue weighted by molar-refractivity contribution is 5.46. The summed E-state index contributed by atoms with van der Waals surface area (Å²) >= 11 is 0. The molecule has 1 saturated heterocycles. The molecule has 0 aromatic heterocycles. The van der Waals surface area contributed by atoms with Crippen LogP contribution in [0.25, 0.3) is 0 Å². The quantitative estimate of drug-likeness (QED) is 0.552. The maximum Gasteiger partial charge on any atom is 0.207 e. The van der Waals surface area contributed by atoms with Gasteiger partial charge >= 0.3 is 0 Å². The van der Waals surface area contributed by atoms with E-state index in [-0.39, 0.29) is 6.10 Å². The third-order valence-electron chi connectivity index (χ3n) is 2.15. The Balaban J connectivity index is 1.82. The van der Waals surface area contributed by atoms with Gasteiger partial charge in [-0.3, -0.25) is 4.79 Å². The van der Waals surface area contributed by atoms with Gasteiger partial charge in [-0.2, -0.15) is 0 Å². The highest BCUT2D eigenvalue weighted by Gasteiger charge is 2.22. The monoisotopic (exact) mass is 207 g/mol. The van der Waals surface area contributed by atoms with E-state index in [2.05, 4.69) is 5.32 Å². The maximum absolute atomic E-state index is 10.1. The lowest BCUT2D eigenvalue weighted by molar-refractivity contribution is -0.109. The average Bonchev–Trinajstić information content (AvgIpc) is 3.09. The molecule has 1 unspecified atom stereocenters. The normalized spacial score (nSPS) is 18.3. The summed E-state index contributed by atoms with van der Waals surface area (Å²) < 4.78 is 10.5. The van der Waals surface area contributed by atoms with Crippen LogP contribution in [0.5, 0.6) is 5.75 Å². The first-order chi connectivity index (χ1) is 7.38. The molecule has 0 radical (unpaired) electrons. The fourth-order valence-corrected chi connectivity index (χ4v) is 1.22. The molecule has 1 aliphatic heterocycles. The fourth-order valence-electron chi connectivity index (χ4n) is 1.22. The van der Waals surface area contributed by atoms with Crippen molar-refractivity contribution in [1.82, 2.24) is 5.32 Å². The largest absolute Gasteiger partial charge is 0.491 e. The number of hydrogen-bond acceptors (Lipinski definition) is 3. The van der Waals surface area contributed by atoms with E-state index in [1.807, 2.05) is 24.3 Å². The van der Waals surface area contributed by atoms with E-state index in [0.29, 0.717) is 19.6 Å². The first kappa shape index (κ1) is 9.98. The smallest absolute Gasteiger partial charge is 0.207 e. The lowest BCUT2D eigenvalue weighted by Crippen LogP contribution is -2.09. The van der Waals surface area contributed by atoms with E-state index >= 15 is 0 Å². The molecule has 0 aliphatic carbocycles. The Kier molecular flexibility index (Phi) is 3.19. The van der Waals surface area contributed by atoms with Gasteiger partial charge in [-0.1, -0.05) is 12.1 Å². The second kappa shape index (κ2) is 4.79. The number of carbonyl (C=O) groups is 1. The molecular weight excluding hydrogens is 194 g/mol. The summed E-state index contributed by atoms with van der Waals surface area (Å²) in [5.74, 6) is 0.834. The first-order valence-corrected chi connectivity index (χ1v) is 4.89. The van der Waals surface area contributed by atoms with Crippen LogP contribution in [0.1, 0.15) is 5.56 Å². The molecule has 1 atom stereocenters. The van der Waals surface area contributed by atoms with Crippen molar-refractivity contribution >= 4 is 6.41 Å². The number of rotatable bonds is 6. The number of hydrogen-bond donors (Lipinski definition) is 1. The third kappa shape index (κ3) is 3.25. The van der Waals surface area contributed by atoms with Gasteiger partial charge in [0.15, 0.2) is 0 Å². The summed E-state index contributed by atoms with van der Waals surface area (Å²) in [6.07, 6.45) is 0.968. The summed E-state index contributed by atoms with van der Waals surface area (Å²) in [6, 6.07) is 7.65. The summed E-state index contributed by atoms with van der Waals surface area (Å²) in [6.45, 7) is 1.97. The summed E-state index contributed by atoms with van der Waals surface area (Å²) in [5.41, 5.74) is 1.05. The predicted octanol–water partition coefficient (Wildman–Crippen LogP) is 0.710. The molecule has 1 heterocycles. The number of carbonyl (C=O) groups excluding carboxylic acids is 1. The van der Waals surface area contributed by atoms with Gasteiger partial charge in [0.1, 0.15) is 18.5 Å². The number of benzene rings is 1. The Bertz CT molecular complexity index is 319. The van der Waals surface area contributed by atoms with Crippen LogP contribution in [0.3, 0.4) is 0 Å². The highest BCUT2D eigenvalue weighted by Crippen LogP contribution is 2.15. The molecule has 4 nitrogen and oxygen atoms in total. The Hall–Kier alpha value is -1.55. The number of amides is 1. The van der Waals surface area contributed by atoms with Gasteiger partial charge in [-0.25, -0.2) is 0 Å². The molecule has 1 N–H and O–H groups in total. The molecule has 0 bridgehead atoms. The van der Waals surface area contributed by atoms with E-state index in [1.54, 1.807) is 0 Å². The van der Waals surface area contributed by atoms with Crippen LogP contribution in [-0.4, -0.2) is 25.7 Å². The Morgan fingerprint density at radius 1 is 1.47 bits per heavy atom. The predicted molar refractivity (Wildman–Crippen MR) is 54.6 cm³/mol. The maximum atomic E-state index is 10.1. The van der Waals surface area contributed by atoms with E-state index in [0.717, 1.165) is 17.9 Å². The topological polar surface area (TPSA) is 50.9 Å². The first-order valence-electron chi connectivity index (χ1n) is 4.89. The van der Waals surface area contributed by atoms with Crippen molar-refractivity contribution in [2.45, 2.75) is 12.6 Å². The van der Waals surface area contributed by atoms with E-state index < -0.39 is 0 Å². The van der Waals surface area contributed by atoms with Gasteiger partial charge in [-0.15, -0.1) is 0 Å². The summed E-state index contributed by atoms with van der Waals surface area (Å²) in [5, 5.41) is 2.60. The van der Waals surface area contributed by atoms with Crippen molar-refractivity contribution in [1.29, 1.82) is 0 Å². The van der Waals surface area contributed by atoms with Gasteiger partial charge in [-0.05, 0) is 17.7 Å². The van der Waals surface area contributed by atoms with Gasteiger partial charge in [0, 0.05) is 6.54 Å². The third-order valence-corrected chi connectivity index (χ3v) is 2.15. The minimum atomic E-state index is 0.279. The standard InChI is InChI=1S/C11H13NO3/c13-8-12-5-9-1-3-10(4-2-9)14-6-11-7-15-11/h1-4,8,11H,5-7H2,(H,12,13). The van der Waals surface area contributed by atoms with Crippen molar-refractivity contribution in [3.63, 3.8) is 0 Å². The highest BCUT2D eigenvalue weighted by atomic mass is 16.6. The molecule has 0 spiro atoms. The molecular formula is C11H13NO3. The van der Waals surface area contributed by atoms with Crippen LogP contribution in [-0.2, 0) is 16.1 Å². The van der Waals surface area contributed by atoms with Crippen molar-refractivity contribution < 1.29 is 14.3 Å². The van der Waals surface area contributed by atoms with Crippen molar-refractivity contribution in [3.05, 3.63) is 29.8 Å². The molecule has 0 saturated carbocycles. The molecule has 1 amide bonds. The minimum absolute atomic E-state index is 0.279. The molecule has 1 aromatic rings. The average molecular weight is 207 g/mol. The number of ether oxygens (including phenoxy) is 2. The minimum Gasteiger partial charge on any atom is -0.491 e. The van der Waals surface area contributed by atoms with Gasteiger partial charge < -0.3 is 14.8 Å².